The molecule has 0 aliphatic carbocycles. The topological polar surface area (TPSA) is 49.6 Å². The molecule has 0 radical (unpaired) electrons. The zero-order chi connectivity index (χ0) is 11.4. The van der Waals surface area contributed by atoms with Gasteiger partial charge >= 0.3 is 0 Å². The van der Waals surface area contributed by atoms with Crippen LogP contribution in [0.25, 0.3) is 0 Å². The second-order valence-corrected chi connectivity index (χ2v) is 4.49. The summed E-state index contributed by atoms with van der Waals surface area (Å²) in [4.78, 5) is 15.9. The lowest BCUT2D eigenvalue weighted by molar-refractivity contribution is -0.124. The van der Waals surface area contributed by atoms with Crippen molar-refractivity contribution in [1.82, 2.24) is 9.80 Å². The first-order valence-electron chi connectivity index (χ1n) is 5.83. The summed E-state index contributed by atoms with van der Waals surface area (Å²) < 4.78 is 0. The number of amides is 1. The van der Waals surface area contributed by atoms with Crippen LogP contribution in [0.15, 0.2) is 0 Å². The lowest BCUT2D eigenvalue weighted by Crippen LogP contribution is -2.55. The van der Waals surface area contributed by atoms with E-state index in [9.17, 15) is 4.79 Å². The second kappa shape index (κ2) is 5.47. The summed E-state index contributed by atoms with van der Waals surface area (Å²) in [5, 5.41) is 0. The van der Waals surface area contributed by atoms with Gasteiger partial charge in [-0.1, -0.05) is 6.92 Å². The summed E-state index contributed by atoms with van der Waals surface area (Å²) in [7, 11) is 0. The molecule has 2 N–H and O–H groups in total. The van der Waals surface area contributed by atoms with Gasteiger partial charge in [0.1, 0.15) is 0 Å². The standard InChI is InChI=1S/C11H23N3O/c1-4-10(11(12)15)14-7-5-13(6-8-14)9(2)3/h9-10H,4-8H2,1-3H3,(H2,12,15). The van der Waals surface area contributed by atoms with E-state index in [2.05, 4.69) is 23.6 Å². The Morgan fingerprint density at radius 2 is 1.67 bits per heavy atom. The number of rotatable bonds is 4. The number of nitrogens with zero attached hydrogens (tertiary/aromatic N) is 2. The molecule has 1 atom stereocenters. The first-order chi connectivity index (χ1) is 7.06. The fraction of sp³-hybridized carbons (Fsp3) is 0.909. The monoisotopic (exact) mass is 213 g/mol. The van der Waals surface area contributed by atoms with Crippen molar-refractivity contribution in [3.8, 4) is 0 Å². The number of nitrogens with two attached hydrogens (primary N) is 1. The Bertz CT molecular complexity index is 210. The lowest BCUT2D eigenvalue weighted by Gasteiger charge is -2.39. The molecule has 0 aromatic carbocycles. The van der Waals surface area contributed by atoms with Gasteiger partial charge in [-0.15, -0.1) is 0 Å². The summed E-state index contributed by atoms with van der Waals surface area (Å²) >= 11 is 0. The highest BCUT2D eigenvalue weighted by atomic mass is 16.1. The van der Waals surface area contributed by atoms with Crippen molar-refractivity contribution < 1.29 is 4.79 Å². The molecule has 1 aliphatic heterocycles. The summed E-state index contributed by atoms with van der Waals surface area (Å²) in [5.41, 5.74) is 5.38. The maximum atomic E-state index is 11.2. The largest absolute Gasteiger partial charge is 0.368 e. The highest BCUT2D eigenvalue weighted by molar-refractivity contribution is 5.79. The Balaban J connectivity index is 2.45. The molecule has 0 bridgehead atoms. The van der Waals surface area contributed by atoms with Gasteiger partial charge in [-0.2, -0.15) is 0 Å². The Kier molecular flexibility index (Phi) is 4.54. The van der Waals surface area contributed by atoms with Crippen LogP contribution in [0.1, 0.15) is 27.2 Å². The molecule has 4 heteroatoms. The molecular formula is C11H23N3O. The van der Waals surface area contributed by atoms with Gasteiger partial charge in [-0.05, 0) is 20.3 Å². The van der Waals surface area contributed by atoms with Crippen LogP contribution < -0.4 is 5.73 Å². The smallest absolute Gasteiger partial charge is 0.234 e. The van der Waals surface area contributed by atoms with Crippen LogP contribution in [-0.2, 0) is 4.79 Å². The molecule has 1 aliphatic rings. The van der Waals surface area contributed by atoms with Gasteiger partial charge in [0.05, 0.1) is 6.04 Å². The minimum Gasteiger partial charge on any atom is -0.368 e. The van der Waals surface area contributed by atoms with Crippen LogP contribution in [0.2, 0.25) is 0 Å². The fourth-order valence-electron chi connectivity index (χ4n) is 2.20. The van der Waals surface area contributed by atoms with Gasteiger partial charge in [0.25, 0.3) is 0 Å². The molecule has 1 unspecified atom stereocenters. The number of carbonyl (C=O) groups is 1. The van der Waals surface area contributed by atoms with Crippen molar-refractivity contribution in [2.24, 2.45) is 5.73 Å². The first-order valence-corrected chi connectivity index (χ1v) is 5.83. The van der Waals surface area contributed by atoms with Gasteiger partial charge in [0.15, 0.2) is 0 Å². The van der Waals surface area contributed by atoms with E-state index in [0.717, 1.165) is 32.6 Å². The Morgan fingerprint density at radius 3 is 2.00 bits per heavy atom. The molecule has 1 amide bonds. The van der Waals surface area contributed by atoms with Crippen LogP contribution in [0.5, 0.6) is 0 Å². The Hall–Kier alpha value is -0.610. The lowest BCUT2D eigenvalue weighted by atomic mass is 10.1. The van der Waals surface area contributed by atoms with Gasteiger partial charge < -0.3 is 5.73 Å². The first kappa shape index (κ1) is 12.5. The third kappa shape index (κ3) is 3.18. The van der Waals surface area contributed by atoms with Crippen molar-refractivity contribution in [2.75, 3.05) is 26.2 Å². The van der Waals surface area contributed by atoms with E-state index in [-0.39, 0.29) is 11.9 Å². The number of carbonyl (C=O) groups excluding carboxylic acids is 1. The van der Waals surface area contributed by atoms with Crippen LogP contribution >= 0.6 is 0 Å². The van der Waals surface area contributed by atoms with Crippen molar-refractivity contribution in [2.45, 2.75) is 39.3 Å². The maximum Gasteiger partial charge on any atom is 0.234 e. The molecule has 0 aromatic rings. The fourth-order valence-corrected chi connectivity index (χ4v) is 2.20. The van der Waals surface area contributed by atoms with Gasteiger partial charge in [-0.25, -0.2) is 0 Å². The molecule has 0 spiro atoms. The quantitative estimate of drug-likeness (QED) is 0.729. The van der Waals surface area contributed by atoms with Gasteiger partial charge in [0, 0.05) is 32.2 Å². The number of primary amides is 1. The van der Waals surface area contributed by atoms with Crippen LogP contribution in [-0.4, -0.2) is 54.0 Å². The average Bonchev–Trinajstić information content (AvgIpc) is 2.19. The zero-order valence-corrected chi connectivity index (χ0v) is 10.1. The van der Waals surface area contributed by atoms with E-state index in [1.54, 1.807) is 0 Å². The Labute approximate surface area is 92.4 Å². The summed E-state index contributed by atoms with van der Waals surface area (Å²) in [6, 6.07) is 0.528. The molecule has 88 valence electrons. The minimum atomic E-state index is -0.185. The molecule has 4 nitrogen and oxygen atoms in total. The zero-order valence-electron chi connectivity index (χ0n) is 10.1. The Morgan fingerprint density at radius 1 is 1.20 bits per heavy atom. The van der Waals surface area contributed by atoms with Crippen LogP contribution in [0.3, 0.4) is 0 Å². The van der Waals surface area contributed by atoms with E-state index in [0.29, 0.717) is 6.04 Å². The summed E-state index contributed by atoms with van der Waals surface area (Å²) in [6.07, 6.45) is 0.816. The van der Waals surface area contributed by atoms with Crippen LogP contribution in [0, 0.1) is 0 Å². The predicted molar refractivity (Wildman–Crippen MR) is 61.6 cm³/mol. The molecule has 1 heterocycles. The van der Waals surface area contributed by atoms with Crippen molar-refractivity contribution in [3.63, 3.8) is 0 Å². The van der Waals surface area contributed by atoms with Gasteiger partial charge in [-0.3, -0.25) is 14.6 Å². The molecular weight excluding hydrogens is 190 g/mol. The average molecular weight is 213 g/mol. The highest BCUT2D eigenvalue weighted by Crippen LogP contribution is 2.10. The molecule has 1 rings (SSSR count). The predicted octanol–water partition coefficient (Wildman–Crippen LogP) is 0.276. The second-order valence-electron chi connectivity index (χ2n) is 4.49. The normalized spacial score (nSPS) is 21.9. The van der Waals surface area contributed by atoms with E-state index in [1.807, 2.05) is 6.92 Å². The number of hydrogen-bond donors (Lipinski definition) is 1. The molecule has 1 fully saturated rings. The summed E-state index contributed by atoms with van der Waals surface area (Å²) in [6.45, 7) is 10.4. The SMILES string of the molecule is CCC(C(N)=O)N1CCN(C(C)C)CC1. The maximum absolute atomic E-state index is 11.2. The van der Waals surface area contributed by atoms with Gasteiger partial charge in [0.2, 0.25) is 5.91 Å². The van der Waals surface area contributed by atoms with Crippen molar-refractivity contribution in [3.05, 3.63) is 0 Å². The van der Waals surface area contributed by atoms with E-state index >= 15 is 0 Å². The number of piperazine rings is 1. The van der Waals surface area contributed by atoms with E-state index in [4.69, 9.17) is 5.73 Å². The molecule has 15 heavy (non-hydrogen) atoms. The highest BCUT2D eigenvalue weighted by Gasteiger charge is 2.26. The van der Waals surface area contributed by atoms with E-state index in [1.165, 1.54) is 0 Å². The molecule has 0 saturated carbocycles. The number of hydrogen-bond acceptors (Lipinski definition) is 3. The van der Waals surface area contributed by atoms with Crippen molar-refractivity contribution in [1.29, 1.82) is 0 Å². The molecule has 0 aromatic heterocycles. The third-order valence-corrected chi connectivity index (χ3v) is 3.24. The van der Waals surface area contributed by atoms with Crippen LogP contribution in [0.4, 0.5) is 0 Å². The third-order valence-electron chi connectivity index (χ3n) is 3.24. The van der Waals surface area contributed by atoms with Crippen molar-refractivity contribution >= 4 is 5.91 Å². The van der Waals surface area contributed by atoms with E-state index < -0.39 is 0 Å². The minimum absolute atomic E-state index is 0.0701. The summed E-state index contributed by atoms with van der Waals surface area (Å²) in [5.74, 6) is -0.185. The molecule has 1 saturated heterocycles.